The molecule has 0 aliphatic carbocycles. The van der Waals surface area contributed by atoms with E-state index < -0.39 is 8.18 Å². The first-order valence-electron chi connectivity index (χ1n) is 4.67. The van der Waals surface area contributed by atoms with Crippen molar-refractivity contribution in [2.24, 2.45) is 5.73 Å². The third kappa shape index (κ3) is 9.98. The molecule has 0 saturated carbocycles. The highest BCUT2D eigenvalue weighted by Crippen LogP contribution is 2.11. The molecule has 6 nitrogen and oxygen atoms in total. The highest BCUT2D eigenvalue weighted by molar-refractivity contribution is 7.36. The molecule has 84 valence electrons. The molecular formula is C7H20N4O2P+. The van der Waals surface area contributed by atoms with Crippen LogP contribution in [0.3, 0.4) is 0 Å². The standard InChI is InChI=1S/C7H20N4O2P/c1-13-14(12)11-7-6-10-5-4-9-3-2-8/h9-10H,2-8H2,1H3,(H,11,12)/q+1. The Morgan fingerprint density at radius 1 is 1.14 bits per heavy atom. The molecule has 0 aliphatic rings. The fourth-order valence-corrected chi connectivity index (χ4v) is 1.25. The fraction of sp³-hybridized carbons (Fsp3) is 1.00. The Morgan fingerprint density at radius 2 is 1.71 bits per heavy atom. The Kier molecular flexibility index (Phi) is 10.9. The van der Waals surface area contributed by atoms with Crippen LogP contribution in [-0.2, 0) is 9.09 Å². The van der Waals surface area contributed by atoms with Gasteiger partial charge in [0.2, 0.25) is 0 Å². The van der Waals surface area contributed by atoms with E-state index in [4.69, 9.17) is 5.73 Å². The normalized spacial score (nSPS) is 11.7. The molecule has 0 amide bonds. The minimum atomic E-state index is -1.68. The van der Waals surface area contributed by atoms with E-state index in [2.05, 4.69) is 20.2 Å². The molecule has 7 heteroatoms. The summed E-state index contributed by atoms with van der Waals surface area (Å²) in [6.45, 7) is 4.69. The summed E-state index contributed by atoms with van der Waals surface area (Å²) >= 11 is 0. The molecule has 0 heterocycles. The van der Waals surface area contributed by atoms with E-state index >= 15 is 0 Å². The van der Waals surface area contributed by atoms with Crippen LogP contribution in [0.4, 0.5) is 0 Å². The minimum absolute atomic E-state index is 0.639. The van der Waals surface area contributed by atoms with Crippen LogP contribution >= 0.6 is 8.18 Å². The minimum Gasteiger partial charge on any atom is -0.329 e. The zero-order chi connectivity index (χ0) is 10.6. The van der Waals surface area contributed by atoms with Gasteiger partial charge in [-0.1, -0.05) is 5.09 Å². The van der Waals surface area contributed by atoms with Crippen LogP contribution in [0.5, 0.6) is 0 Å². The van der Waals surface area contributed by atoms with Crippen LogP contribution in [0.2, 0.25) is 0 Å². The van der Waals surface area contributed by atoms with Gasteiger partial charge in [-0.15, -0.1) is 4.52 Å². The lowest BCUT2D eigenvalue weighted by Gasteiger charge is -2.03. The van der Waals surface area contributed by atoms with Crippen LogP contribution in [0.25, 0.3) is 0 Å². The Hall–Kier alpha value is -0.100. The molecule has 0 aromatic carbocycles. The first-order valence-corrected chi connectivity index (χ1v) is 5.85. The van der Waals surface area contributed by atoms with Crippen molar-refractivity contribution in [3.63, 3.8) is 0 Å². The Balaban J connectivity index is 2.95. The van der Waals surface area contributed by atoms with Crippen LogP contribution in [0.1, 0.15) is 0 Å². The van der Waals surface area contributed by atoms with Gasteiger partial charge in [-0.3, -0.25) is 0 Å². The van der Waals surface area contributed by atoms with Gasteiger partial charge in [0, 0.05) is 32.7 Å². The lowest BCUT2D eigenvalue weighted by Crippen LogP contribution is -2.33. The average molecular weight is 223 g/mol. The summed E-state index contributed by atoms with van der Waals surface area (Å²) in [6.07, 6.45) is 0. The Bertz CT molecular complexity index is 148. The number of hydrogen-bond donors (Lipinski definition) is 4. The zero-order valence-electron chi connectivity index (χ0n) is 8.58. The second-order valence-corrected chi connectivity index (χ2v) is 3.83. The molecule has 14 heavy (non-hydrogen) atoms. The van der Waals surface area contributed by atoms with Crippen molar-refractivity contribution in [2.75, 3.05) is 46.4 Å². The van der Waals surface area contributed by atoms with E-state index in [1.807, 2.05) is 0 Å². The van der Waals surface area contributed by atoms with E-state index in [0.29, 0.717) is 13.1 Å². The molecule has 0 aromatic rings. The maximum Gasteiger partial charge on any atom is 0.612 e. The molecule has 0 rings (SSSR count). The van der Waals surface area contributed by atoms with Crippen molar-refractivity contribution in [1.82, 2.24) is 15.7 Å². The van der Waals surface area contributed by atoms with E-state index in [0.717, 1.165) is 26.2 Å². The molecule has 0 bridgehead atoms. The van der Waals surface area contributed by atoms with Crippen LogP contribution in [0, 0.1) is 0 Å². The summed E-state index contributed by atoms with van der Waals surface area (Å²) in [5.41, 5.74) is 5.30. The fourth-order valence-electron chi connectivity index (χ4n) is 0.829. The van der Waals surface area contributed by atoms with Gasteiger partial charge in [-0.25, -0.2) is 0 Å². The van der Waals surface area contributed by atoms with E-state index in [1.165, 1.54) is 7.11 Å². The third-order valence-electron chi connectivity index (χ3n) is 1.51. The first-order chi connectivity index (χ1) is 6.81. The van der Waals surface area contributed by atoms with Crippen LogP contribution in [0.15, 0.2) is 0 Å². The molecule has 0 aliphatic heterocycles. The molecule has 1 atom stereocenters. The second kappa shape index (κ2) is 11.0. The summed E-state index contributed by atoms with van der Waals surface area (Å²) in [7, 11) is -0.268. The molecule has 0 spiro atoms. The summed E-state index contributed by atoms with van der Waals surface area (Å²) in [5, 5.41) is 9.05. The number of rotatable bonds is 10. The van der Waals surface area contributed by atoms with Gasteiger partial charge in [-0.2, -0.15) is 0 Å². The molecule has 1 unspecified atom stereocenters. The molecular weight excluding hydrogens is 203 g/mol. The number of hydrogen-bond acceptors (Lipinski definition) is 5. The Labute approximate surface area is 85.9 Å². The molecule has 5 N–H and O–H groups in total. The van der Waals surface area contributed by atoms with Gasteiger partial charge < -0.3 is 16.4 Å². The van der Waals surface area contributed by atoms with Gasteiger partial charge >= 0.3 is 8.18 Å². The van der Waals surface area contributed by atoms with Gasteiger partial charge in [0.1, 0.15) is 0 Å². The average Bonchev–Trinajstić information content (AvgIpc) is 2.21. The summed E-state index contributed by atoms with van der Waals surface area (Å²) in [4.78, 5) is 0. The zero-order valence-corrected chi connectivity index (χ0v) is 9.48. The third-order valence-corrected chi connectivity index (χ3v) is 2.32. The summed E-state index contributed by atoms with van der Waals surface area (Å²) in [5.74, 6) is 0. The van der Waals surface area contributed by atoms with E-state index in [9.17, 15) is 4.57 Å². The Morgan fingerprint density at radius 3 is 2.29 bits per heavy atom. The summed E-state index contributed by atoms with van der Waals surface area (Å²) in [6, 6.07) is 0. The van der Waals surface area contributed by atoms with Crippen molar-refractivity contribution in [3.8, 4) is 0 Å². The SMILES string of the molecule is CO[P+](=O)NCCNCCNCCN. The van der Waals surface area contributed by atoms with E-state index in [-0.39, 0.29) is 0 Å². The van der Waals surface area contributed by atoms with Crippen LogP contribution in [-0.4, -0.2) is 46.4 Å². The van der Waals surface area contributed by atoms with Crippen molar-refractivity contribution in [2.45, 2.75) is 0 Å². The highest BCUT2D eigenvalue weighted by atomic mass is 31.1. The van der Waals surface area contributed by atoms with Gasteiger partial charge in [0.15, 0.2) is 0 Å². The molecule has 0 aromatic heterocycles. The smallest absolute Gasteiger partial charge is 0.329 e. The quantitative estimate of drug-likeness (QED) is 0.281. The molecule has 0 fully saturated rings. The van der Waals surface area contributed by atoms with Crippen LogP contribution < -0.4 is 21.5 Å². The first kappa shape index (κ1) is 13.9. The number of nitrogens with two attached hydrogens (primary N) is 1. The van der Waals surface area contributed by atoms with Crippen molar-refractivity contribution in [1.29, 1.82) is 0 Å². The second-order valence-electron chi connectivity index (χ2n) is 2.64. The lowest BCUT2D eigenvalue weighted by molar-refractivity contribution is 0.404. The maximum atomic E-state index is 10.7. The molecule has 0 saturated heterocycles. The molecule has 0 radical (unpaired) electrons. The van der Waals surface area contributed by atoms with Crippen molar-refractivity contribution in [3.05, 3.63) is 0 Å². The van der Waals surface area contributed by atoms with Gasteiger partial charge in [0.25, 0.3) is 0 Å². The number of nitrogens with one attached hydrogen (secondary N) is 3. The predicted octanol–water partition coefficient (Wildman–Crippen LogP) is -0.982. The lowest BCUT2D eigenvalue weighted by atomic mass is 10.5. The maximum absolute atomic E-state index is 10.7. The topological polar surface area (TPSA) is 88.4 Å². The monoisotopic (exact) mass is 223 g/mol. The van der Waals surface area contributed by atoms with Gasteiger partial charge in [-0.05, 0) is 4.57 Å². The van der Waals surface area contributed by atoms with E-state index in [1.54, 1.807) is 0 Å². The van der Waals surface area contributed by atoms with Crippen molar-refractivity contribution < 1.29 is 9.09 Å². The van der Waals surface area contributed by atoms with Crippen molar-refractivity contribution >= 4 is 8.18 Å². The predicted molar refractivity (Wildman–Crippen MR) is 57.4 cm³/mol. The largest absolute Gasteiger partial charge is 0.612 e. The summed E-state index contributed by atoms with van der Waals surface area (Å²) < 4.78 is 15.3. The highest BCUT2D eigenvalue weighted by Gasteiger charge is 2.11. The van der Waals surface area contributed by atoms with Gasteiger partial charge in [0.05, 0.1) is 13.7 Å².